The van der Waals surface area contributed by atoms with Gasteiger partial charge in [-0.15, -0.1) is 0 Å². The van der Waals surface area contributed by atoms with E-state index < -0.39 is 8.07 Å². The minimum absolute atomic E-state index is 0.388. The second-order valence-corrected chi connectivity index (χ2v) is 16.9. The van der Waals surface area contributed by atoms with Crippen LogP contribution in [0.3, 0.4) is 0 Å². The third-order valence-electron chi connectivity index (χ3n) is 10.4. The van der Waals surface area contributed by atoms with Crippen LogP contribution >= 0.6 is 0 Å². The summed E-state index contributed by atoms with van der Waals surface area (Å²) in [6, 6.07) is 64.3. The highest BCUT2D eigenvalue weighted by molar-refractivity contribution is 7.11. The number of rotatable bonds is 6. The predicted molar refractivity (Wildman–Crippen MR) is 192 cm³/mol. The maximum absolute atomic E-state index is 2.99. The van der Waals surface area contributed by atoms with Crippen molar-refractivity contribution >= 4 is 29.6 Å². The number of hydrogen-bond donors (Lipinski definition) is 0. The van der Waals surface area contributed by atoms with E-state index in [9.17, 15) is 0 Å². The molecule has 0 radical (unpaired) electrons. The van der Waals surface area contributed by atoms with Gasteiger partial charge in [0.1, 0.15) is 0 Å². The smallest absolute Gasteiger partial charge is 0.0746 e. The zero-order valence-electron chi connectivity index (χ0n) is 25.8. The standard InChI is InChI=1S/C44H36Si/c1-33-23-27-39(28-24-33)45(40-29-25-34(2)26-30-40)43(37-19-11-5-12-20-37)31-32-44(45,38-21-13-6-14-22-38)42(36-17-9-4-10-18-36)41(43)35-15-7-3-8-16-35/h3-32H,1-2H3. The van der Waals surface area contributed by atoms with E-state index >= 15 is 0 Å². The van der Waals surface area contributed by atoms with Gasteiger partial charge in [-0.3, -0.25) is 0 Å². The number of fused-ring (bicyclic) bond motifs is 2. The molecule has 2 atom stereocenters. The summed E-state index contributed by atoms with van der Waals surface area (Å²) in [5.74, 6) is 0. The van der Waals surface area contributed by atoms with Crippen LogP contribution in [0.2, 0.25) is 0 Å². The van der Waals surface area contributed by atoms with Gasteiger partial charge in [-0.25, -0.2) is 0 Å². The molecular formula is C44H36Si. The molecule has 0 fully saturated rings. The van der Waals surface area contributed by atoms with Crippen LogP contribution in [0.15, 0.2) is 182 Å². The molecule has 6 aromatic rings. The third kappa shape index (κ3) is 3.71. The number of benzene rings is 6. The number of aryl methyl sites for hydroxylation is 2. The van der Waals surface area contributed by atoms with Crippen LogP contribution in [-0.2, 0) is 10.1 Å². The van der Waals surface area contributed by atoms with E-state index in [0.29, 0.717) is 0 Å². The summed E-state index contributed by atoms with van der Waals surface area (Å²) in [5.41, 5.74) is 10.7. The summed E-state index contributed by atoms with van der Waals surface area (Å²) >= 11 is 0. The van der Waals surface area contributed by atoms with Gasteiger partial charge in [0.05, 0.1) is 0 Å². The third-order valence-corrected chi connectivity index (χ3v) is 16.5. The Labute approximate surface area is 268 Å². The topological polar surface area (TPSA) is 0 Å². The summed E-state index contributed by atoms with van der Waals surface area (Å²) in [4.78, 5) is 0. The lowest BCUT2D eigenvalue weighted by Crippen LogP contribution is -2.75. The van der Waals surface area contributed by atoms with Crippen LogP contribution in [0, 0.1) is 13.8 Å². The Morgan fingerprint density at radius 2 is 0.667 bits per heavy atom. The Balaban J connectivity index is 1.67. The highest BCUT2D eigenvalue weighted by Gasteiger charge is 2.76. The molecule has 45 heavy (non-hydrogen) atoms. The van der Waals surface area contributed by atoms with Crippen molar-refractivity contribution in [3.63, 3.8) is 0 Å². The van der Waals surface area contributed by atoms with E-state index in [-0.39, 0.29) is 10.1 Å². The highest BCUT2D eigenvalue weighted by atomic mass is 28.3. The molecule has 0 saturated heterocycles. The second-order valence-electron chi connectivity index (χ2n) is 12.6. The molecule has 6 aromatic carbocycles. The first-order valence-electron chi connectivity index (χ1n) is 15.9. The molecule has 0 saturated carbocycles. The van der Waals surface area contributed by atoms with Crippen LogP contribution in [0.5, 0.6) is 0 Å². The summed E-state index contributed by atoms with van der Waals surface area (Å²) < 4.78 is 0. The predicted octanol–water partition coefficient (Wildman–Crippen LogP) is 9.02. The monoisotopic (exact) mass is 592 g/mol. The lowest BCUT2D eigenvalue weighted by Gasteiger charge is -2.50. The maximum atomic E-state index is 2.62. The minimum Gasteiger partial charge on any atom is -0.0746 e. The fraction of sp³-hybridized carbons (Fsp3) is 0.0909. The van der Waals surface area contributed by atoms with Gasteiger partial charge in [0.25, 0.3) is 0 Å². The van der Waals surface area contributed by atoms with Gasteiger partial charge in [-0.05, 0) is 47.2 Å². The second kappa shape index (κ2) is 10.6. The molecule has 2 aliphatic rings. The molecule has 2 bridgehead atoms. The molecule has 8 rings (SSSR count). The SMILES string of the molecule is Cc1ccc([Si]2(c3ccc(C)cc3)C3(c4ccccc4)C=CC2(c2ccccc2)C(c2ccccc2)=C3c2ccccc2)cc1. The van der Waals surface area contributed by atoms with Gasteiger partial charge in [0.2, 0.25) is 0 Å². The molecule has 0 nitrogen and oxygen atoms in total. The van der Waals surface area contributed by atoms with Gasteiger partial charge >= 0.3 is 0 Å². The van der Waals surface area contributed by atoms with E-state index in [1.807, 2.05) is 0 Å². The quantitative estimate of drug-likeness (QED) is 0.134. The Morgan fingerprint density at radius 3 is 1.00 bits per heavy atom. The fourth-order valence-electron chi connectivity index (χ4n) is 8.70. The summed E-state index contributed by atoms with van der Waals surface area (Å²) in [5, 5.41) is 2.13. The molecule has 0 spiro atoms. The average molecular weight is 593 g/mol. The van der Waals surface area contributed by atoms with Crippen molar-refractivity contribution in [2.75, 3.05) is 0 Å². The molecule has 1 heteroatoms. The van der Waals surface area contributed by atoms with Crippen molar-refractivity contribution in [1.29, 1.82) is 0 Å². The number of allylic oxidation sites excluding steroid dienone is 4. The Kier molecular flexibility index (Phi) is 6.48. The first-order chi connectivity index (χ1) is 22.1. The summed E-state index contributed by atoms with van der Waals surface area (Å²) in [7, 11) is -2.99. The Bertz CT molecular complexity index is 1870. The van der Waals surface area contributed by atoms with Gasteiger partial charge in [0.15, 0.2) is 8.07 Å². The highest BCUT2D eigenvalue weighted by Crippen LogP contribution is 2.70. The average Bonchev–Trinajstić information content (AvgIpc) is 3.55. The molecule has 2 unspecified atom stereocenters. The molecule has 0 amide bonds. The maximum Gasteiger partial charge on any atom is 0.155 e. The summed E-state index contributed by atoms with van der Waals surface area (Å²) in [6.45, 7) is 4.41. The van der Waals surface area contributed by atoms with Crippen LogP contribution in [0.25, 0.3) is 11.1 Å². The van der Waals surface area contributed by atoms with Crippen molar-refractivity contribution in [2.45, 2.75) is 23.9 Å². The lowest BCUT2D eigenvalue weighted by molar-refractivity contribution is 0.957. The molecule has 0 aromatic heterocycles. The first-order valence-corrected chi connectivity index (χ1v) is 17.9. The van der Waals surface area contributed by atoms with E-state index in [1.54, 1.807) is 0 Å². The van der Waals surface area contributed by atoms with Crippen molar-refractivity contribution in [3.05, 3.63) is 215 Å². The van der Waals surface area contributed by atoms with Crippen molar-refractivity contribution in [3.8, 4) is 0 Å². The number of hydrogen-bond acceptors (Lipinski definition) is 0. The van der Waals surface area contributed by atoms with Crippen LogP contribution in [-0.4, -0.2) is 8.07 Å². The zero-order chi connectivity index (χ0) is 30.5. The first kappa shape index (κ1) is 27.6. The Hall–Kier alpha value is -4.98. The molecule has 0 N–H and O–H groups in total. The van der Waals surface area contributed by atoms with Gasteiger partial charge in [0, 0.05) is 10.1 Å². The zero-order valence-corrected chi connectivity index (χ0v) is 26.8. The molecular weight excluding hydrogens is 557 g/mol. The van der Waals surface area contributed by atoms with E-state index in [0.717, 1.165) is 0 Å². The van der Waals surface area contributed by atoms with Gasteiger partial charge < -0.3 is 0 Å². The minimum atomic E-state index is -2.99. The summed E-state index contributed by atoms with van der Waals surface area (Å²) in [6.07, 6.45) is 5.24. The molecule has 0 aliphatic carbocycles. The van der Waals surface area contributed by atoms with E-state index in [4.69, 9.17) is 0 Å². The van der Waals surface area contributed by atoms with Crippen molar-refractivity contribution < 1.29 is 0 Å². The molecule has 216 valence electrons. The van der Waals surface area contributed by atoms with Gasteiger partial charge in [-0.1, -0.05) is 204 Å². The van der Waals surface area contributed by atoms with E-state index in [1.165, 1.54) is 54.9 Å². The van der Waals surface area contributed by atoms with Crippen molar-refractivity contribution in [1.82, 2.24) is 0 Å². The Morgan fingerprint density at radius 1 is 0.356 bits per heavy atom. The van der Waals surface area contributed by atoms with Crippen molar-refractivity contribution in [2.24, 2.45) is 0 Å². The lowest BCUT2D eigenvalue weighted by atomic mass is 9.72. The van der Waals surface area contributed by atoms with Crippen LogP contribution < -0.4 is 10.4 Å². The van der Waals surface area contributed by atoms with Gasteiger partial charge in [-0.2, -0.15) is 0 Å². The normalized spacial score (nSPS) is 21.3. The van der Waals surface area contributed by atoms with Crippen LogP contribution in [0.1, 0.15) is 33.4 Å². The van der Waals surface area contributed by atoms with Crippen LogP contribution in [0.4, 0.5) is 0 Å². The fourth-order valence-corrected chi connectivity index (χ4v) is 16.0. The largest absolute Gasteiger partial charge is 0.155 e. The molecule has 2 aliphatic heterocycles. The molecule has 2 heterocycles. The van der Waals surface area contributed by atoms with E-state index in [2.05, 4.69) is 196 Å².